The van der Waals surface area contributed by atoms with Gasteiger partial charge in [-0.2, -0.15) is 13.2 Å². The number of thiazole rings is 1. The number of fused-ring (bicyclic) bond motifs is 1. The van der Waals surface area contributed by atoms with Crippen LogP contribution in [0.1, 0.15) is 43.8 Å². The van der Waals surface area contributed by atoms with E-state index in [1.165, 1.54) is 23.5 Å². The summed E-state index contributed by atoms with van der Waals surface area (Å²) in [5.74, 6) is -0.847. The van der Waals surface area contributed by atoms with Gasteiger partial charge in [0.2, 0.25) is 0 Å². The Balaban J connectivity index is 1.57. The second kappa shape index (κ2) is 5.67. The highest BCUT2D eigenvalue weighted by Crippen LogP contribution is 2.52. The molecule has 1 aromatic carbocycles. The number of rotatable bonds is 3. The molecular formula is C17H15F3N2OS. The Morgan fingerprint density at radius 1 is 1.29 bits per heavy atom. The first-order chi connectivity index (χ1) is 11.4. The van der Waals surface area contributed by atoms with Gasteiger partial charge in [0.25, 0.3) is 0 Å². The summed E-state index contributed by atoms with van der Waals surface area (Å²) in [6.07, 6.45) is -3.13. The predicted octanol–water partition coefficient (Wildman–Crippen LogP) is 3.79. The number of nitrogens with zero attached hydrogens (tertiary/aromatic N) is 1. The van der Waals surface area contributed by atoms with Crippen molar-refractivity contribution in [1.29, 1.82) is 0 Å². The molecule has 1 N–H and O–H groups in total. The molecule has 0 radical (unpaired) electrons. The molecule has 1 saturated carbocycles. The van der Waals surface area contributed by atoms with Crippen LogP contribution in [0.4, 0.5) is 13.2 Å². The van der Waals surface area contributed by atoms with Crippen LogP contribution in [-0.4, -0.2) is 17.3 Å². The minimum atomic E-state index is -4.39. The van der Waals surface area contributed by atoms with Crippen molar-refractivity contribution in [2.45, 2.75) is 31.5 Å². The quantitative estimate of drug-likeness (QED) is 0.855. The molecule has 3 nitrogen and oxygen atoms in total. The second-order valence-electron chi connectivity index (χ2n) is 6.21. The van der Waals surface area contributed by atoms with E-state index >= 15 is 0 Å². The molecule has 0 unspecified atom stereocenters. The number of alkyl halides is 3. The minimum Gasteiger partial charge on any atom is -0.311 e. The lowest BCUT2D eigenvalue weighted by Gasteiger charge is -2.12. The Kier molecular flexibility index (Phi) is 3.73. The zero-order valence-electron chi connectivity index (χ0n) is 12.7. The number of hydrogen-bond acceptors (Lipinski definition) is 4. The molecular weight excluding hydrogens is 337 g/mol. The summed E-state index contributed by atoms with van der Waals surface area (Å²) in [5, 5.41) is 3.68. The van der Waals surface area contributed by atoms with Gasteiger partial charge in [-0.05, 0) is 24.0 Å². The molecule has 2 aliphatic rings. The molecule has 24 heavy (non-hydrogen) atoms. The van der Waals surface area contributed by atoms with E-state index < -0.39 is 11.7 Å². The van der Waals surface area contributed by atoms with E-state index in [9.17, 15) is 18.0 Å². The van der Waals surface area contributed by atoms with E-state index in [-0.39, 0.29) is 23.2 Å². The lowest BCUT2D eigenvalue weighted by Crippen LogP contribution is -2.22. The zero-order valence-corrected chi connectivity index (χ0v) is 13.5. The lowest BCUT2D eigenvalue weighted by molar-refractivity contribution is -0.138. The highest BCUT2D eigenvalue weighted by molar-refractivity contribution is 7.13. The molecule has 1 aliphatic heterocycles. The summed E-state index contributed by atoms with van der Waals surface area (Å²) < 4.78 is 39.4. The predicted molar refractivity (Wildman–Crippen MR) is 84.1 cm³/mol. The van der Waals surface area contributed by atoms with Crippen LogP contribution < -0.4 is 5.32 Å². The van der Waals surface area contributed by atoms with Crippen LogP contribution in [0.25, 0.3) is 0 Å². The molecule has 4 rings (SSSR count). The maximum Gasteiger partial charge on any atom is 0.416 e. The standard InChI is InChI=1S/C17H15F3N2OS/c18-17(19,20)12-4-2-1-3-9(12)10-7-11(10)15(23)16-22-13-5-6-21-8-14(13)24-16/h1-4,10-11,21H,5-8H2/t10-,11+/m0/s1. The fourth-order valence-corrected chi connectivity index (χ4v) is 4.38. The number of aromatic nitrogens is 1. The van der Waals surface area contributed by atoms with Crippen molar-refractivity contribution in [2.75, 3.05) is 6.54 Å². The van der Waals surface area contributed by atoms with E-state index in [0.29, 0.717) is 18.0 Å². The zero-order chi connectivity index (χ0) is 16.9. The van der Waals surface area contributed by atoms with Crippen LogP contribution in [0.15, 0.2) is 24.3 Å². The van der Waals surface area contributed by atoms with Gasteiger partial charge >= 0.3 is 6.18 Å². The van der Waals surface area contributed by atoms with Crippen LogP contribution >= 0.6 is 11.3 Å². The van der Waals surface area contributed by atoms with Gasteiger partial charge in [-0.25, -0.2) is 4.98 Å². The largest absolute Gasteiger partial charge is 0.416 e. The normalized spacial score (nSPS) is 23.0. The monoisotopic (exact) mass is 352 g/mol. The van der Waals surface area contributed by atoms with E-state index in [0.717, 1.165) is 29.6 Å². The molecule has 2 heterocycles. The Bertz CT molecular complexity index is 776. The van der Waals surface area contributed by atoms with Gasteiger partial charge in [0.1, 0.15) is 0 Å². The smallest absolute Gasteiger partial charge is 0.311 e. The third kappa shape index (κ3) is 2.75. The summed E-state index contributed by atoms with van der Waals surface area (Å²) in [6.45, 7) is 1.56. The van der Waals surface area contributed by atoms with Crippen molar-refractivity contribution in [2.24, 2.45) is 5.92 Å². The summed E-state index contributed by atoms with van der Waals surface area (Å²) in [5.41, 5.74) is 0.550. The van der Waals surface area contributed by atoms with E-state index in [2.05, 4.69) is 10.3 Å². The van der Waals surface area contributed by atoms with Crippen molar-refractivity contribution >= 4 is 17.1 Å². The fraction of sp³-hybridized carbons (Fsp3) is 0.412. The maximum absolute atomic E-state index is 13.1. The molecule has 2 aromatic rings. The molecule has 0 bridgehead atoms. The van der Waals surface area contributed by atoms with E-state index in [4.69, 9.17) is 0 Å². The number of hydrogen-bond donors (Lipinski definition) is 1. The summed E-state index contributed by atoms with van der Waals surface area (Å²) in [4.78, 5) is 18.1. The number of nitrogens with one attached hydrogen (secondary N) is 1. The first kappa shape index (κ1) is 15.8. The number of ketones is 1. The number of carbonyl (C=O) groups is 1. The Morgan fingerprint density at radius 2 is 2.08 bits per heavy atom. The second-order valence-corrected chi connectivity index (χ2v) is 7.30. The van der Waals surface area contributed by atoms with Crippen LogP contribution in [0.3, 0.4) is 0 Å². The van der Waals surface area contributed by atoms with E-state index in [1.54, 1.807) is 6.07 Å². The van der Waals surface area contributed by atoms with Crippen LogP contribution in [0.5, 0.6) is 0 Å². The third-order valence-electron chi connectivity index (χ3n) is 4.61. The fourth-order valence-electron chi connectivity index (χ4n) is 3.30. The summed E-state index contributed by atoms with van der Waals surface area (Å²) >= 11 is 1.37. The average Bonchev–Trinajstić information content (AvgIpc) is 3.24. The number of benzene rings is 1. The van der Waals surface area contributed by atoms with E-state index in [1.807, 2.05) is 0 Å². The highest BCUT2D eigenvalue weighted by atomic mass is 32.1. The summed E-state index contributed by atoms with van der Waals surface area (Å²) in [6, 6.07) is 5.55. The Labute approximate surface area is 140 Å². The first-order valence-electron chi connectivity index (χ1n) is 7.85. The van der Waals surface area contributed by atoms with Crippen molar-refractivity contribution in [1.82, 2.24) is 10.3 Å². The van der Waals surface area contributed by atoms with Crippen molar-refractivity contribution < 1.29 is 18.0 Å². The topological polar surface area (TPSA) is 42.0 Å². The van der Waals surface area contributed by atoms with Gasteiger partial charge < -0.3 is 5.32 Å². The number of carbonyl (C=O) groups excluding carboxylic acids is 1. The van der Waals surface area contributed by atoms with Gasteiger partial charge in [0, 0.05) is 30.3 Å². The highest BCUT2D eigenvalue weighted by Gasteiger charge is 2.48. The average molecular weight is 352 g/mol. The minimum absolute atomic E-state index is 0.114. The SMILES string of the molecule is O=C(c1nc2c(s1)CNCC2)[C@@H]1C[C@H]1c1ccccc1C(F)(F)F. The molecule has 2 atom stereocenters. The third-order valence-corrected chi connectivity index (χ3v) is 5.72. The number of halogens is 3. The molecule has 0 spiro atoms. The van der Waals surface area contributed by atoms with Crippen molar-refractivity contribution in [3.63, 3.8) is 0 Å². The Hall–Kier alpha value is -1.73. The van der Waals surface area contributed by atoms with Crippen LogP contribution in [0, 0.1) is 5.92 Å². The molecule has 7 heteroatoms. The first-order valence-corrected chi connectivity index (χ1v) is 8.66. The lowest BCUT2D eigenvalue weighted by atomic mass is 10.0. The molecule has 1 aromatic heterocycles. The Morgan fingerprint density at radius 3 is 2.83 bits per heavy atom. The van der Waals surface area contributed by atoms with Crippen LogP contribution in [-0.2, 0) is 19.1 Å². The molecule has 126 valence electrons. The molecule has 0 saturated heterocycles. The van der Waals surface area contributed by atoms with Gasteiger partial charge in [0.05, 0.1) is 11.3 Å². The van der Waals surface area contributed by atoms with Crippen molar-refractivity contribution in [3.8, 4) is 0 Å². The van der Waals surface area contributed by atoms with Gasteiger partial charge in [-0.3, -0.25) is 4.79 Å². The van der Waals surface area contributed by atoms with Crippen molar-refractivity contribution in [3.05, 3.63) is 51.0 Å². The van der Waals surface area contributed by atoms with Crippen LogP contribution in [0.2, 0.25) is 0 Å². The number of Topliss-reactive ketones (excluding diaryl/α,β-unsaturated/α-hetero) is 1. The van der Waals surface area contributed by atoms with Gasteiger partial charge in [-0.15, -0.1) is 11.3 Å². The summed E-state index contributed by atoms with van der Waals surface area (Å²) in [7, 11) is 0. The van der Waals surface area contributed by atoms with Gasteiger partial charge in [-0.1, -0.05) is 18.2 Å². The maximum atomic E-state index is 13.1. The molecule has 0 amide bonds. The molecule has 1 fully saturated rings. The molecule has 1 aliphatic carbocycles. The van der Waals surface area contributed by atoms with Gasteiger partial charge in [0.15, 0.2) is 10.8 Å².